The molecule has 3 rings (SSSR count). The van der Waals surface area contributed by atoms with E-state index in [0.29, 0.717) is 10.7 Å². The number of benzene rings is 1. The van der Waals surface area contributed by atoms with Crippen molar-refractivity contribution in [1.29, 1.82) is 0 Å². The molecule has 1 aromatic carbocycles. The van der Waals surface area contributed by atoms with Gasteiger partial charge in [-0.3, -0.25) is 4.99 Å². The molecule has 0 amide bonds. The van der Waals surface area contributed by atoms with E-state index in [1.807, 2.05) is 0 Å². The zero-order valence-electron chi connectivity index (χ0n) is 11.5. The van der Waals surface area contributed by atoms with E-state index in [9.17, 15) is 4.39 Å². The number of aliphatic imine (C=N–C) groups is 1. The Bertz CT molecular complexity index is 518. The van der Waals surface area contributed by atoms with Gasteiger partial charge in [0.2, 0.25) is 0 Å². The van der Waals surface area contributed by atoms with Gasteiger partial charge >= 0.3 is 0 Å². The fourth-order valence-electron chi connectivity index (χ4n) is 2.83. The summed E-state index contributed by atoms with van der Waals surface area (Å²) in [5.74, 6) is 1.46. The van der Waals surface area contributed by atoms with Gasteiger partial charge in [0.1, 0.15) is 5.82 Å². The van der Waals surface area contributed by atoms with E-state index < -0.39 is 0 Å². The van der Waals surface area contributed by atoms with Gasteiger partial charge in [0.15, 0.2) is 5.17 Å². The van der Waals surface area contributed by atoms with Gasteiger partial charge in [0, 0.05) is 5.75 Å². The Hall–Kier alpha value is -0.740. The number of amidine groups is 1. The first-order chi connectivity index (χ1) is 9.58. The van der Waals surface area contributed by atoms with Crippen molar-refractivity contribution in [3.8, 4) is 0 Å². The second-order valence-corrected chi connectivity index (χ2v) is 7.21. The molecule has 1 N–H and O–H groups in total. The third-order valence-corrected chi connectivity index (χ3v) is 5.68. The standard InChI is InChI=1S/C15H18ClFN2S/c1-10-5-7-15(8-6-10)9-20-14(19-15)18-13-11(16)3-2-4-12(13)17/h2-4,10H,5-9H2,1H3,(H,18,19). The van der Waals surface area contributed by atoms with Gasteiger partial charge in [-0.25, -0.2) is 4.39 Å². The fraction of sp³-hybridized carbons (Fsp3) is 0.533. The smallest absolute Gasteiger partial charge is 0.161 e. The molecule has 0 aromatic heterocycles. The van der Waals surface area contributed by atoms with Crippen LogP contribution in [-0.4, -0.2) is 16.5 Å². The lowest BCUT2D eigenvalue weighted by Gasteiger charge is -2.32. The highest BCUT2D eigenvalue weighted by molar-refractivity contribution is 8.14. The lowest BCUT2D eigenvalue weighted by molar-refractivity contribution is 0.273. The molecule has 0 radical (unpaired) electrons. The summed E-state index contributed by atoms with van der Waals surface area (Å²) in [6.07, 6.45) is 4.74. The third kappa shape index (κ3) is 2.82. The summed E-state index contributed by atoms with van der Waals surface area (Å²) in [7, 11) is 0. The number of halogens is 2. The van der Waals surface area contributed by atoms with Crippen molar-refractivity contribution in [3.63, 3.8) is 0 Å². The highest BCUT2D eigenvalue weighted by Gasteiger charge is 2.38. The molecule has 0 saturated heterocycles. The van der Waals surface area contributed by atoms with Gasteiger partial charge in [0.25, 0.3) is 0 Å². The molecular formula is C15H18ClFN2S. The summed E-state index contributed by atoms with van der Waals surface area (Å²) < 4.78 is 13.8. The number of para-hydroxylation sites is 1. The Morgan fingerprint density at radius 3 is 2.85 bits per heavy atom. The molecule has 5 heteroatoms. The van der Waals surface area contributed by atoms with Crippen LogP contribution in [0, 0.1) is 11.7 Å². The molecule has 0 bridgehead atoms. The maximum absolute atomic E-state index is 13.8. The number of nitrogens with one attached hydrogen (secondary N) is 1. The van der Waals surface area contributed by atoms with Gasteiger partial charge in [-0.05, 0) is 43.7 Å². The molecule has 1 aliphatic heterocycles. The first-order valence-corrected chi connectivity index (χ1v) is 8.38. The van der Waals surface area contributed by atoms with Crippen LogP contribution in [0.3, 0.4) is 0 Å². The Labute approximate surface area is 128 Å². The third-order valence-electron chi connectivity index (χ3n) is 4.22. The van der Waals surface area contributed by atoms with Crippen LogP contribution in [-0.2, 0) is 0 Å². The minimum Gasteiger partial charge on any atom is -0.331 e. The average molecular weight is 313 g/mol. The molecule has 1 heterocycles. The van der Waals surface area contributed by atoms with E-state index in [2.05, 4.69) is 12.2 Å². The number of rotatable bonds is 1. The Kier molecular flexibility index (Phi) is 3.95. The van der Waals surface area contributed by atoms with Crippen molar-refractivity contribution in [2.45, 2.75) is 38.1 Å². The summed E-state index contributed by atoms with van der Waals surface area (Å²) in [5, 5.41) is 4.26. The largest absolute Gasteiger partial charge is 0.331 e. The van der Waals surface area contributed by atoms with Crippen LogP contribution >= 0.6 is 23.4 Å². The van der Waals surface area contributed by atoms with Gasteiger partial charge in [-0.2, -0.15) is 0 Å². The fourth-order valence-corrected chi connectivity index (χ4v) is 4.23. The second-order valence-electron chi connectivity index (χ2n) is 5.83. The topological polar surface area (TPSA) is 24.4 Å². The molecule has 1 aromatic rings. The minimum absolute atomic E-state index is 0.0667. The molecule has 1 spiro atoms. The normalized spacial score (nSPS) is 29.6. The van der Waals surface area contributed by atoms with Crippen LogP contribution in [0.4, 0.5) is 10.1 Å². The molecular weight excluding hydrogens is 295 g/mol. The van der Waals surface area contributed by atoms with E-state index in [-0.39, 0.29) is 11.4 Å². The predicted octanol–water partition coefficient (Wildman–Crippen LogP) is 4.94. The van der Waals surface area contributed by atoms with Crippen LogP contribution in [0.2, 0.25) is 5.02 Å². The number of nitrogens with zero attached hydrogens (tertiary/aromatic N) is 1. The second kappa shape index (κ2) is 5.57. The maximum atomic E-state index is 13.8. The molecule has 1 aliphatic carbocycles. The molecule has 1 saturated carbocycles. The Morgan fingerprint density at radius 2 is 2.15 bits per heavy atom. The number of thioether (sulfide) groups is 1. The quantitative estimate of drug-likeness (QED) is 0.794. The summed E-state index contributed by atoms with van der Waals surface area (Å²) in [6, 6.07) is 4.70. The molecule has 2 nitrogen and oxygen atoms in total. The van der Waals surface area contributed by atoms with E-state index in [4.69, 9.17) is 16.6 Å². The van der Waals surface area contributed by atoms with Crippen LogP contribution in [0.15, 0.2) is 23.2 Å². The molecule has 0 unspecified atom stereocenters. The summed E-state index contributed by atoms with van der Waals surface area (Å²) in [5.41, 5.74) is 0.402. The molecule has 2 aliphatic rings. The molecule has 108 valence electrons. The van der Waals surface area contributed by atoms with E-state index in [0.717, 1.165) is 29.7 Å². The maximum Gasteiger partial charge on any atom is 0.161 e. The molecule has 20 heavy (non-hydrogen) atoms. The van der Waals surface area contributed by atoms with Gasteiger partial charge in [0.05, 0.1) is 16.2 Å². The van der Waals surface area contributed by atoms with Crippen LogP contribution in [0.1, 0.15) is 32.6 Å². The van der Waals surface area contributed by atoms with Crippen molar-refractivity contribution in [1.82, 2.24) is 0 Å². The van der Waals surface area contributed by atoms with Gasteiger partial charge < -0.3 is 5.32 Å². The Morgan fingerprint density at radius 1 is 1.40 bits per heavy atom. The number of hydrogen-bond acceptors (Lipinski definition) is 3. The predicted molar refractivity (Wildman–Crippen MR) is 85.3 cm³/mol. The highest BCUT2D eigenvalue weighted by atomic mass is 35.5. The first kappa shape index (κ1) is 14.2. The SMILES string of the molecule is CC1CCC2(CC1)CSC(Nc1c(F)cccc1Cl)=N2. The zero-order chi connectivity index (χ0) is 14.2. The van der Waals surface area contributed by atoms with Crippen molar-refractivity contribution in [2.75, 3.05) is 11.1 Å². The zero-order valence-corrected chi connectivity index (χ0v) is 13.0. The number of hydrogen-bond donors (Lipinski definition) is 1. The highest BCUT2D eigenvalue weighted by Crippen LogP contribution is 2.42. The monoisotopic (exact) mass is 312 g/mol. The van der Waals surface area contributed by atoms with E-state index in [1.54, 1.807) is 23.9 Å². The Balaban J connectivity index is 1.76. The van der Waals surface area contributed by atoms with Crippen molar-refractivity contribution in [3.05, 3.63) is 29.0 Å². The van der Waals surface area contributed by atoms with Crippen LogP contribution in [0.5, 0.6) is 0 Å². The van der Waals surface area contributed by atoms with Crippen molar-refractivity contribution in [2.24, 2.45) is 10.9 Å². The summed E-state index contributed by atoms with van der Waals surface area (Å²) in [4.78, 5) is 4.83. The van der Waals surface area contributed by atoms with E-state index >= 15 is 0 Å². The van der Waals surface area contributed by atoms with Crippen molar-refractivity contribution >= 4 is 34.2 Å². The summed E-state index contributed by atoms with van der Waals surface area (Å²) in [6.45, 7) is 2.30. The number of anilines is 1. The van der Waals surface area contributed by atoms with Crippen LogP contribution in [0.25, 0.3) is 0 Å². The lowest BCUT2D eigenvalue weighted by atomic mass is 9.79. The summed E-state index contributed by atoms with van der Waals surface area (Å²) >= 11 is 7.71. The molecule has 1 fully saturated rings. The van der Waals surface area contributed by atoms with Crippen LogP contribution < -0.4 is 5.32 Å². The van der Waals surface area contributed by atoms with E-state index in [1.165, 1.54) is 18.9 Å². The van der Waals surface area contributed by atoms with Gasteiger partial charge in [-0.1, -0.05) is 36.4 Å². The minimum atomic E-state index is -0.334. The molecule has 0 atom stereocenters. The van der Waals surface area contributed by atoms with Gasteiger partial charge in [-0.15, -0.1) is 0 Å². The lowest BCUT2D eigenvalue weighted by Crippen LogP contribution is -2.32. The first-order valence-electron chi connectivity index (χ1n) is 7.02. The van der Waals surface area contributed by atoms with Crippen molar-refractivity contribution < 1.29 is 4.39 Å². The average Bonchev–Trinajstić information content (AvgIpc) is 2.81.